The van der Waals surface area contributed by atoms with E-state index in [0.29, 0.717) is 10.4 Å². The van der Waals surface area contributed by atoms with Gasteiger partial charge in [-0.15, -0.1) is 0 Å². The SMILES string of the molecule is NC1C2CC3CC(C2)CC1(Br)C3. The maximum atomic E-state index is 6.25. The zero-order valence-electron chi connectivity index (χ0n) is 7.30. The van der Waals surface area contributed by atoms with Gasteiger partial charge in [0.1, 0.15) is 0 Å². The minimum absolute atomic E-state index is 0.349. The van der Waals surface area contributed by atoms with Gasteiger partial charge < -0.3 is 5.73 Å². The van der Waals surface area contributed by atoms with Crippen molar-refractivity contribution in [3.05, 3.63) is 0 Å². The molecule has 0 aliphatic heterocycles. The summed E-state index contributed by atoms with van der Waals surface area (Å²) in [5.41, 5.74) is 6.25. The Morgan fingerprint density at radius 2 is 1.67 bits per heavy atom. The van der Waals surface area contributed by atoms with Gasteiger partial charge in [0, 0.05) is 10.4 Å². The Morgan fingerprint density at radius 3 is 2.17 bits per heavy atom. The van der Waals surface area contributed by atoms with E-state index in [1.54, 1.807) is 0 Å². The average Bonchev–Trinajstić information content (AvgIpc) is 1.98. The maximum Gasteiger partial charge on any atom is 0.0416 e. The van der Waals surface area contributed by atoms with Crippen LogP contribution in [0.5, 0.6) is 0 Å². The van der Waals surface area contributed by atoms with Gasteiger partial charge in [-0.05, 0) is 49.9 Å². The molecule has 4 fully saturated rings. The van der Waals surface area contributed by atoms with E-state index in [-0.39, 0.29) is 0 Å². The zero-order valence-corrected chi connectivity index (χ0v) is 8.89. The standard InChI is InChI=1S/C10H16BrN/c11-10-4-6-1-7(5-10)3-8(2-6)9(10)12/h6-9H,1-5,12H2. The Kier molecular flexibility index (Phi) is 1.48. The Hall–Kier alpha value is 0.440. The number of hydrogen-bond donors (Lipinski definition) is 1. The second-order valence-corrected chi connectivity index (χ2v) is 6.75. The summed E-state index contributed by atoms with van der Waals surface area (Å²) in [7, 11) is 0. The normalized spacial score (nSPS) is 62.5. The summed E-state index contributed by atoms with van der Waals surface area (Å²) in [6, 6.07) is 0.449. The molecule has 68 valence electrons. The van der Waals surface area contributed by atoms with Crippen molar-refractivity contribution in [3.8, 4) is 0 Å². The quantitative estimate of drug-likeness (QED) is 0.635. The summed E-state index contributed by atoms with van der Waals surface area (Å²) < 4.78 is 0.349. The third kappa shape index (κ3) is 0.884. The number of halogens is 1. The maximum absolute atomic E-state index is 6.25. The second kappa shape index (κ2) is 2.27. The summed E-state index contributed by atoms with van der Waals surface area (Å²) >= 11 is 3.90. The highest BCUT2D eigenvalue weighted by Crippen LogP contribution is 2.58. The fourth-order valence-electron chi connectivity index (χ4n) is 3.98. The van der Waals surface area contributed by atoms with E-state index in [2.05, 4.69) is 15.9 Å². The first-order valence-corrected chi connectivity index (χ1v) is 5.91. The Balaban J connectivity index is 1.97. The molecule has 0 aromatic heterocycles. The lowest BCUT2D eigenvalue weighted by Crippen LogP contribution is -2.60. The first-order valence-electron chi connectivity index (χ1n) is 5.12. The van der Waals surface area contributed by atoms with Crippen molar-refractivity contribution in [1.82, 2.24) is 0 Å². The molecule has 0 heterocycles. The molecular formula is C10H16BrN. The molecule has 12 heavy (non-hydrogen) atoms. The molecule has 2 N–H and O–H groups in total. The van der Waals surface area contributed by atoms with Crippen molar-refractivity contribution in [2.75, 3.05) is 0 Å². The van der Waals surface area contributed by atoms with Gasteiger partial charge in [-0.2, -0.15) is 0 Å². The molecule has 0 spiro atoms. The van der Waals surface area contributed by atoms with Crippen molar-refractivity contribution in [1.29, 1.82) is 0 Å². The van der Waals surface area contributed by atoms with Crippen LogP contribution in [0.4, 0.5) is 0 Å². The predicted molar refractivity (Wildman–Crippen MR) is 53.2 cm³/mol. The van der Waals surface area contributed by atoms with Gasteiger partial charge >= 0.3 is 0 Å². The van der Waals surface area contributed by atoms with Crippen LogP contribution in [0.1, 0.15) is 32.1 Å². The van der Waals surface area contributed by atoms with E-state index >= 15 is 0 Å². The minimum atomic E-state index is 0.349. The smallest absolute Gasteiger partial charge is 0.0416 e. The molecule has 3 unspecified atom stereocenters. The zero-order chi connectivity index (χ0) is 8.34. The van der Waals surface area contributed by atoms with Crippen LogP contribution in [-0.2, 0) is 0 Å². The molecule has 0 aromatic carbocycles. The highest BCUT2D eigenvalue weighted by Gasteiger charge is 2.54. The second-order valence-electron chi connectivity index (χ2n) is 5.17. The lowest BCUT2D eigenvalue weighted by atomic mass is 9.54. The lowest BCUT2D eigenvalue weighted by molar-refractivity contribution is 0.0224. The van der Waals surface area contributed by atoms with Gasteiger partial charge in [0.15, 0.2) is 0 Å². The monoisotopic (exact) mass is 229 g/mol. The predicted octanol–water partition coefficient (Wildman–Crippen LogP) is 2.29. The van der Waals surface area contributed by atoms with E-state index in [1.807, 2.05) is 0 Å². The van der Waals surface area contributed by atoms with Crippen LogP contribution < -0.4 is 5.73 Å². The molecule has 4 rings (SSSR count). The molecule has 4 aliphatic rings. The fraction of sp³-hybridized carbons (Fsp3) is 1.00. The molecule has 0 saturated heterocycles. The molecule has 3 atom stereocenters. The van der Waals surface area contributed by atoms with E-state index in [4.69, 9.17) is 5.73 Å². The number of hydrogen-bond acceptors (Lipinski definition) is 1. The first-order chi connectivity index (χ1) is 5.67. The summed E-state index contributed by atoms with van der Waals surface area (Å²) in [6.45, 7) is 0. The van der Waals surface area contributed by atoms with Crippen LogP contribution >= 0.6 is 15.9 Å². The van der Waals surface area contributed by atoms with Gasteiger partial charge in [0.2, 0.25) is 0 Å². The van der Waals surface area contributed by atoms with Gasteiger partial charge in [-0.3, -0.25) is 0 Å². The Morgan fingerprint density at radius 1 is 1.08 bits per heavy atom. The molecule has 0 radical (unpaired) electrons. The third-order valence-corrected chi connectivity index (χ3v) is 5.48. The number of rotatable bonds is 0. The molecule has 4 saturated carbocycles. The summed E-state index contributed by atoms with van der Waals surface area (Å²) in [4.78, 5) is 0. The highest BCUT2D eigenvalue weighted by atomic mass is 79.9. The number of alkyl halides is 1. The molecule has 4 bridgehead atoms. The van der Waals surface area contributed by atoms with E-state index < -0.39 is 0 Å². The topological polar surface area (TPSA) is 26.0 Å². The largest absolute Gasteiger partial charge is 0.326 e. The minimum Gasteiger partial charge on any atom is -0.326 e. The van der Waals surface area contributed by atoms with Crippen LogP contribution in [0.3, 0.4) is 0 Å². The van der Waals surface area contributed by atoms with Crippen molar-refractivity contribution in [2.45, 2.75) is 42.5 Å². The fourth-order valence-corrected chi connectivity index (χ4v) is 5.27. The van der Waals surface area contributed by atoms with Crippen LogP contribution in [0.25, 0.3) is 0 Å². The molecule has 0 aromatic rings. The Bertz CT molecular complexity index is 202. The molecule has 2 heteroatoms. The summed E-state index contributed by atoms with van der Waals surface area (Å²) in [6.07, 6.45) is 7.04. The van der Waals surface area contributed by atoms with Crippen molar-refractivity contribution >= 4 is 15.9 Å². The Labute approximate surface area is 82.2 Å². The van der Waals surface area contributed by atoms with Crippen LogP contribution in [0, 0.1) is 17.8 Å². The van der Waals surface area contributed by atoms with Gasteiger partial charge in [0.25, 0.3) is 0 Å². The van der Waals surface area contributed by atoms with Crippen molar-refractivity contribution in [2.24, 2.45) is 23.5 Å². The highest BCUT2D eigenvalue weighted by molar-refractivity contribution is 9.10. The van der Waals surface area contributed by atoms with Crippen molar-refractivity contribution in [3.63, 3.8) is 0 Å². The molecular weight excluding hydrogens is 214 g/mol. The van der Waals surface area contributed by atoms with Crippen LogP contribution in [0.15, 0.2) is 0 Å². The first kappa shape index (κ1) is 7.81. The van der Waals surface area contributed by atoms with Gasteiger partial charge in [0.05, 0.1) is 0 Å². The van der Waals surface area contributed by atoms with Crippen molar-refractivity contribution < 1.29 is 0 Å². The number of nitrogens with two attached hydrogens (primary N) is 1. The van der Waals surface area contributed by atoms with E-state index in [1.165, 1.54) is 32.1 Å². The molecule has 4 aliphatic carbocycles. The lowest BCUT2D eigenvalue weighted by Gasteiger charge is -2.57. The van der Waals surface area contributed by atoms with Crippen LogP contribution in [0.2, 0.25) is 0 Å². The van der Waals surface area contributed by atoms with Gasteiger partial charge in [-0.1, -0.05) is 15.9 Å². The summed E-state index contributed by atoms with van der Waals surface area (Å²) in [5.74, 6) is 2.85. The molecule has 0 amide bonds. The van der Waals surface area contributed by atoms with Crippen LogP contribution in [-0.4, -0.2) is 10.4 Å². The molecule has 1 nitrogen and oxygen atoms in total. The third-order valence-electron chi connectivity index (χ3n) is 4.30. The average molecular weight is 230 g/mol. The van der Waals surface area contributed by atoms with E-state index in [9.17, 15) is 0 Å². The summed E-state index contributed by atoms with van der Waals surface area (Å²) in [5, 5.41) is 0. The van der Waals surface area contributed by atoms with Gasteiger partial charge in [-0.25, -0.2) is 0 Å². The van der Waals surface area contributed by atoms with E-state index in [0.717, 1.165) is 17.8 Å².